The van der Waals surface area contributed by atoms with Gasteiger partial charge in [-0.25, -0.2) is 0 Å². The molecule has 124 valence electrons. The number of aliphatic hydroxyl groups excluding tert-OH is 1. The molecule has 0 radical (unpaired) electrons. The Hall–Kier alpha value is -2.82. The molecular weight excluding hydrogens is 304 g/mol. The van der Waals surface area contributed by atoms with Gasteiger partial charge in [-0.2, -0.15) is 0 Å². The average Bonchev–Trinajstić information content (AvgIpc) is 2.74. The summed E-state index contributed by atoms with van der Waals surface area (Å²) >= 11 is 0. The molecule has 2 aromatic rings. The zero-order chi connectivity index (χ0) is 17.2. The SMILES string of the molecule is CC1(c2ccccc2)CCC([N+](=O)[O-])=C(O)N(c2ccccc2)C1. The van der Waals surface area contributed by atoms with Crippen LogP contribution < -0.4 is 4.90 Å². The number of nitro groups is 1. The molecule has 0 spiro atoms. The maximum absolute atomic E-state index is 11.4. The van der Waals surface area contributed by atoms with Crippen molar-refractivity contribution in [3.8, 4) is 0 Å². The molecule has 1 heterocycles. The Morgan fingerprint density at radius 3 is 2.25 bits per heavy atom. The second-order valence-corrected chi connectivity index (χ2v) is 6.38. The number of nitrogens with zero attached hydrogens (tertiary/aromatic N) is 2. The van der Waals surface area contributed by atoms with Gasteiger partial charge in [-0.3, -0.25) is 10.1 Å². The van der Waals surface area contributed by atoms with E-state index in [0.29, 0.717) is 13.0 Å². The molecule has 0 saturated heterocycles. The number of benzene rings is 2. The van der Waals surface area contributed by atoms with Gasteiger partial charge in [-0.05, 0) is 24.1 Å². The monoisotopic (exact) mass is 324 g/mol. The van der Waals surface area contributed by atoms with Crippen molar-refractivity contribution in [2.24, 2.45) is 0 Å². The summed E-state index contributed by atoms with van der Waals surface area (Å²) in [5, 5.41) is 22.0. The minimum Gasteiger partial charge on any atom is -0.490 e. The lowest BCUT2D eigenvalue weighted by molar-refractivity contribution is -0.431. The normalized spacial score (nSPS) is 21.5. The molecule has 0 aliphatic carbocycles. The predicted octanol–water partition coefficient (Wildman–Crippen LogP) is 4.25. The van der Waals surface area contributed by atoms with Gasteiger partial charge in [-0.15, -0.1) is 0 Å². The number of para-hydroxylation sites is 1. The highest BCUT2D eigenvalue weighted by atomic mass is 16.6. The zero-order valence-corrected chi connectivity index (χ0v) is 13.6. The molecule has 1 N–H and O–H groups in total. The van der Waals surface area contributed by atoms with Crippen LogP contribution in [0.25, 0.3) is 0 Å². The van der Waals surface area contributed by atoms with Crippen LogP contribution in [0.2, 0.25) is 0 Å². The van der Waals surface area contributed by atoms with E-state index in [9.17, 15) is 15.2 Å². The third kappa shape index (κ3) is 2.97. The fraction of sp³-hybridized carbons (Fsp3) is 0.263. The largest absolute Gasteiger partial charge is 0.490 e. The fourth-order valence-electron chi connectivity index (χ4n) is 3.24. The van der Waals surface area contributed by atoms with Gasteiger partial charge in [-0.1, -0.05) is 55.5 Å². The van der Waals surface area contributed by atoms with Crippen molar-refractivity contribution in [1.82, 2.24) is 0 Å². The molecule has 0 saturated carbocycles. The second kappa shape index (κ2) is 6.35. The Morgan fingerprint density at radius 1 is 1.08 bits per heavy atom. The minimum absolute atomic E-state index is 0.126. The summed E-state index contributed by atoms with van der Waals surface area (Å²) < 4.78 is 0. The summed E-state index contributed by atoms with van der Waals surface area (Å²) in [6.07, 6.45) is 0.828. The van der Waals surface area contributed by atoms with E-state index in [-0.39, 0.29) is 23.4 Å². The Kier molecular flexibility index (Phi) is 4.25. The molecule has 1 aliphatic rings. The number of allylic oxidation sites excluding steroid dienone is 1. The lowest BCUT2D eigenvalue weighted by atomic mass is 9.78. The molecule has 0 amide bonds. The molecule has 1 unspecified atom stereocenters. The van der Waals surface area contributed by atoms with Crippen LogP contribution >= 0.6 is 0 Å². The molecule has 3 rings (SSSR count). The van der Waals surface area contributed by atoms with Crippen LogP contribution in [-0.2, 0) is 5.41 Å². The van der Waals surface area contributed by atoms with Gasteiger partial charge < -0.3 is 10.0 Å². The maximum Gasteiger partial charge on any atom is 0.305 e. The first kappa shape index (κ1) is 16.1. The third-order valence-corrected chi connectivity index (χ3v) is 4.69. The van der Waals surface area contributed by atoms with Crippen molar-refractivity contribution in [1.29, 1.82) is 0 Å². The van der Waals surface area contributed by atoms with E-state index >= 15 is 0 Å². The van der Waals surface area contributed by atoms with Crippen molar-refractivity contribution in [2.75, 3.05) is 11.4 Å². The zero-order valence-electron chi connectivity index (χ0n) is 13.6. The van der Waals surface area contributed by atoms with E-state index in [4.69, 9.17) is 0 Å². The Balaban J connectivity index is 2.07. The van der Waals surface area contributed by atoms with Crippen LogP contribution in [0.4, 0.5) is 5.69 Å². The highest BCUT2D eigenvalue weighted by Crippen LogP contribution is 2.37. The smallest absolute Gasteiger partial charge is 0.305 e. The van der Waals surface area contributed by atoms with Gasteiger partial charge >= 0.3 is 5.70 Å². The molecular formula is C19H20N2O3. The highest BCUT2D eigenvalue weighted by Gasteiger charge is 2.38. The highest BCUT2D eigenvalue weighted by molar-refractivity contribution is 5.52. The van der Waals surface area contributed by atoms with Gasteiger partial charge in [0.15, 0.2) is 0 Å². The Labute approximate surface area is 141 Å². The van der Waals surface area contributed by atoms with Crippen LogP contribution in [0.3, 0.4) is 0 Å². The third-order valence-electron chi connectivity index (χ3n) is 4.69. The van der Waals surface area contributed by atoms with Crippen LogP contribution in [0.15, 0.2) is 72.2 Å². The van der Waals surface area contributed by atoms with Crippen molar-refractivity contribution >= 4 is 5.69 Å². The first-order valence-electron chi connectivity index (χ1n) is 7.96. The Bertz CT molecular complexity index is 759. The van der Waals surface area contributed by atoms with E-state index in [2.05, 4.69) is 6.92 Å². The maximum atomic E-state index is 11.4. The number of aliphatic hydroxyl groups is 1. The van der Waals surface area contributed by atoms with E-state index < -0.39 is 4.92 Å². The molecule has 0 fully saturated rings. The number of anilines is 1. The van der Waals surface area contributed by atoms with Crippen LogP contribution in [0.1, 0.15) is 25.3 Å². The van der Waals surface area contributed by atoms with E-state index in [1.807, 2.05) is 60.7 Å². The van der Waals surface area contributed by atoms with E-state index in [0.717, 1.165) is 11.3 Å². The lowest BCUT2D eigenvalue weighted by Crippen LogP contribution is -2.37. The van der Waals surface area contributed by atoms with Crippen molar-refractivity contribution in [2.45, 2.75) is 25.2 Å². The molecule has 2 aromatic carbocycles. The summed E-state index contributed by atoms with van der Waals surface area (Å²) in [5.74, 6) is -0.258. The van der Waals surface area contributed by atoms with Gasteiger partial charge in [0, 0.05) is 24.1 Å². The van der Waals surface area contributed by atoms with Crippen molar-refractivity contribution in [3.63, 3.8) is 0 Å². The minimum atomic E-state index is -0.470. The average molecular weight is 324 g/mol. The van der Waals surface area contributed by atoms with Gasteiger partial charge in [0.25, 0.3) is 5.88 Å². The molecule has 24 heavy (non-hydrogen) atoms. The number of rotatable bonds is 3. The van der Waals surface area contributed by atoms with Crippen LogP contribution in [0.5, 0.6) is 0 Å². The fourth-order valence-corrected chi connectivity index (χ4v) is 3.24. The molecule has 0 bridgehead atoms. The van der Waals surface area contributed by atoms with Crippen LogP contribution in [-0.4, -0.2) is 16.6 Å². The summed E-state index contributed by atoms with van der Waals surface area (Å²) in [4.78, 5) is 12.6. The summed E-state index contributed by atoms with van der Waals surface area (Å²) in [6, 6.07) is 19.3. The first-order valence-corrected chi connectivity index (χ1v) is 7.96. The van der Waals surface area contributed by atoms with Crippen molar-refractivity contribution < 1.29 is 10.0 Å². The van der Waals surface area contributed by atoms with Crippen molar-refractivity contribution in [3.05, 3.63) is 87.9 Å². The Morgan fingerprint density at radius 2 is 1.67 bits per heavy atom. The quantitative estimate of drug-likeness (QED) is 0.677. The predicted molar refractivity (Wildman–Crippen MR) is 93.5 cm³/mol. The lowest BCUT2D eigenvalue weighted by Gasteiger charge is -2.34. The molecule has 5 nitrogen and oxygen atoms in total. The van der Waals surface area contributed by atoms with Gasteiger partial charge in [0.2, 0.25) is 0 Å². The molecule has 0 aromatic heterocycles. The summed E-state index contributed by atoms with van der Waals surface area (Å²) in [5.41, 5.74) is 1.43. The van der Waals surface area contributed by atoms with E-state index in [1.54, 1.807) is 4.90 Å². The molecule has 1 atom stereocenters. The first-order chi connectivity index (χ1) is 11.5. The van der Waals surface area contributed by atoms with Gasteiger partial charge in [0.05, 0.1) is 4.92 Å². The molecule has 1 aliphatic heterocycles. The van der Waals surface area contributed by atoms with E-state index in [1.165, 1.54) is 0 Å². The van der Waals surface area contributed by atoms with Gasteiger partial charge in [0.1, 0.15) is 0 Å². The van der Waals surface area contributed by atoms with Crippen LogP contribution in [0, 0.1) is 10.1 Å². The second-order valence-electron chi connectivity index (χ2n) is 6.38. The number of hydrogen-bond donors (Lipinski definition) is 1. The standard InChI is InChI=1S/C19H20N2O3/c1-19(15-8-4-2-5-9-15)13-12-17(21(23)24)18(22)20(14-19)16-10-6-3-7-11-16/h2-11,22H,12-14H2,1H3. The summed E-state index contributed by atoms with van der Waals surface area (Å²) in [6.45, 7) is 2.57. The number of hydrogen-bond acceptors (Lipinski definition) is 4. The summed E-state index contributed by atoms with van der Waals surface area (Å²) in [7, 11) is 0. The molecule has 5 heteroatoms. The topological polar surface area (TPSA) is 66.6 Å².